The number of carbonyl (C=O) groups is 3. The molecule has 1 aromatic rings. The van der Waals surface area contributed by atoms with E-state index < -0.39 is 35.4 Å². The number of aliphatic carboxylic acids is 2. The van der Waals surface area contributed by atoms with Gasteiger partial charge < -0.3 is 14.9 Å². The van der Waals surface area contributed by atoms with Crippen molar-refractivity contribution in [3.05, 3.63) is 35.9 Å². The minimum Gasteiger partial charge on any atom is -0.481 e. The number of hydrogen-bond acceptors (Lipinski definition) is 5. The topological polar surface area (TPSA) is 113 Å². The molecule has 0 amide bonds. The molecule has 0 fully saturated rings. The van der Waals surface area contributed by atoms with Crippen molar-refractivity contribution in [1.82, 2.24) is 5.32 Å². The largest absolute Gasteiger partial charge is 0.481 e. The summed E-state index contributed by atoms with van der Waals surface area (Å²) in [6.45, 7) is 4.77. The van der Waals surface area contributed by atoms with E-state index in [-0.39, 0.29) is 6.61 Å². The van der Waals surface area contributed by atoms with Crippen LogP contribution in [0.5, 0.6) is 0 Å². The Labute approximate surface area is 134 Å². The molecule has 0 spiro atoms. The fraction of sp³-hybridized carbons (Fsp3) is 0.438. The number of carbonyl (C=O) groups excluding carboxylic acids is 1. The molecule has 0 aliphatic rings. The van der Waals surface area contributed by atoms with E-state index in [2.05, 4.69) is 5.32 Å². The molecule has 1 atom stereocenters. The van der Waals surface area contributed by atoms with E-state index in [1.54, 1.807) is 51.1 Å². The van der Waals surface area contributed by atoms with Crippen LogP contribution < -0.4 is 5.32 Å². The molecule has 1 aromatic carbocycles. The minimum absolute atomic E-state index is 0.139. The molecule has 0 aromatic heterocycles. The molecule has 3 N–H and O–H groups in total. The van der Waals surface area contributed by atoms with Crippen LogP contribution in [0.4, 0.5) is 0 Å². The Bertz CT molecular complexity index is 578. The van der Waals surface area contributed by atoms with Crippen molar-refractivity contribution in [2.24, 2.45) is 0 Å². The monoisotopic (exact) mass is 323 g/mol. The van der Waals surface area contributed by atoms with Crippen LogP contribution in [0, 0.1) is 0 Å². The van der Waals surface area contributed by atoms with Gasteiger partial charge in [-0.25, -0.2) is 9.59 Å². The molecular weight excluding hydrogens is 302 g/mol. The molecular formula is C16H21NO6. The molecule has 7 heteroatoms. The average molecular weight is 323 g/mol. The van der Waals surface area contributed by atoms with Crippen LogP contribution in [0.1, 0.15) is 32.8 Å². The quantitative estimate of drug-likeness (QED) is 0.513. The third-order valence-electron chi connectivity index (χ3n) is 2.93. The smallest absolute Gasteiger partial charge is 0.339 e. The Morgan fingerprint density at radius 3 is 2.09 bits per heavy atom. The third kappa shape index (κ3) is 5.37. The molecule has 126 valence electrons. The molecule has 0 aliphatic carbocycles. The number of nitrogens with one attached hydrogen (secondary N) is 1. The third-order valence-corrected chi connectivity index (χ3v) is 2.93. The van der Waals surface area contributed by atoms with Crippen molar-refractivity contribution >= 4 is 17.9 Å². The second kappa shape index (κ2) is 7.23. The highest BCUT2D eigenvalue weighted by atomic mass is 16.5. The highest BCUT2D eigenvalue weighted by molar-refractivity contribution is 6.07. The first-order valence-electron chi connectivity index (χ1n) is 7.02. The fourth-order valence-corrected chi connectivity index (χ4v) is 2.10. The van der Waals surface area contributed by atoms with Gasteiger partial charge in [0.2, 0.25) is 5.54 Å². The van der Waals surface area contributed by atoms with Gasteiger partial charge in [-0.1, -0.05) is 30.3 Å². The molecule has 0 aliphatic heterocycles. The van der Waals surface area contributed by atoms with Crippen LogP contribution in [-0.2, 0) is 25.7 Å². The Balaban J connectivity index is 3.03. The van der Waals surface area contributed by atoms with Crippen LogP contribution in [0.15, 0.2) is 30.3 Å². The molecule has 0 radical (unpaired) electrons. The number of hydrogen-bond donors (Lipinski definition) is 3. The predicted octanol–water partition coefficient (Wildman–Crippen LogP) is 1.42. The second-order valence-corrected chi connectivity index (χ2v) is 6.22. The Morgan fingerprint density at radius 2 is 1.65 bits per heavy atom. The van der Waals surface area contributed by atoms with Crippen LogP contribution in [0.2, 0.25) is 0 Å². The second-order valence-electron chi connectivity index (χ2n) is 6.22. The lowest BCUT2D eigenvalue weighted by Gasteiger charge is -2.34. The van der Waals surface area contributed by atoms with Crippen molar-refractivity contribution in [3.63, 3.8) is 0 Å². The first-order chi connectivity index (χ1) is 10.6. The van der Waals surface area contributed by atoms with Gasteiger partial charge in [0.05, 0.1) is 6.42 Å². The van der Waals surface area contributed by atoms with Crippen LogP contribution >= 0.6 is 0 Å². The maximum Gasteiger partial charge on any atom is 0.339 e. The van der Waals surface area contributed by atoms with E-state index in [4.69, 9.17) is 9.84 Å². The first-order valence-corrected chi connectivity index (χ1v) is 7.02. The molecule has 0 saturated heterocycles. The summed E-state index contributed by atoms with van der Waals surface area (Å²) >= 11 is 0. The number of carboxylic acids is 2. The lowest BCUT2D eigenvalue weighted by atomic mass is 9.91. The van der Waals surface area contributed by atoms with Crippen LogP contribution in [0.3, 0.4) is 0 Å². The summed E-state index contributed by atoms with van der Waals surface area (Å²) in [5.41, 5.74) is -2.48. The van der Waals surface area contributed by atoms with E-state index in [1.165, 1.54) is 0 Å². The molecule has 1 rings (SSSR count). The Hall–Kier alpha value is -2.41. The van der Waals surface area contributed by atoms with E-state index in [0.29, 0.717) is 5.56 Å². The van der Waals surface area contributed by atoms with Crippen molar-refractivity contribution in [3.8, 4) is 0 Å². The molecule has 0 saturated carbocycles. The van der Waals surface area contributed by atoms with Crippen LogP contribution in [-0.4, -0.2) is 39.2 Å². The molecule has 0 heterocycles. The van der Waals surface area contributed by atoms with Gasteiger partial charge in [-0.3, -0.25) is 10.1 Å². The number of carboxylic acid groups (broad SMARTS) is 2. The van der Waals surface area contributed by atoms with E-state index in [0.717, 1.165) is 0 Å². The minimum atomic E-state index is -2.35. The lowest BCUT2D eigenvalue weighted by Crippen LogP contribution is -2.65. The lowest BCUT2D eigenvalue weighted by molar-refractivity contribution is -0.169. The number of ether oxygens (including phenoxy) is 1. The highest BCUT2D eigenvalue weighted by Gasteiger charge is 2.51. The van der Waals surface area contributed by atoms with Crippen molar-refractivity contribution in [2.75, 3.05) is 0 Å². The number of benzene rings is 1. The Kier molecular flexibility index (Phi) is 5.86. The number of rotatable bonds is 7. The first kappa shape index (κ1) is 18.6. The average Bonchev–Trinajstić information content (AvgIpc) is 2.42. The van der Waals surface area contributed by atoms with Gasteiger partial charge in [0.15, 0.2) is 0 Å². The van der Waals surface area contributed by atoms with E-state index in [9.17, 15) is 19.5 Å². The summed E-state index contributed by atoms with van der Waals surface area (Å²) in [7, 11) is 0. The zero-order valence-electron chi connectivity index (χ0n) is 13.3. The maximum absolute atomic E-state index is 12.4. The standard InChI is InChI=1S/C16H21NO6/c1-15(2,3)17-16(13(20)21,9-12(18)19)14(22)23-10-11-7-5-4-6-8-11/h4-8,17H,9-10H2,1-3H3,(H,18,19)(H,20,21). The summed E-state index contributed by atoms with van der Waals surface area (Å²) in [5.74, 6) is -4.14. The fourth-order valence-electron chi connectivity index (χ4n) is 2.10. The summed E-state index contributed by atoms with van der Waals surface area (Å²) in [6.07, 6.45) is -0.923. The predicted molar refractivity (Wildman–Crippen MR) is 81.7 cm³/mol. The molecule has 0 bridgehead atoms. The van der Waals surface area contributed by atoms with Gasteiger partial charge in [-0.15, -0.1) is 0 Å². The van der Waals surface area contributed by atoms with Crippen molar-refractivity contribution in [2.45, 2.75) is 44.9 Å². The number of esters is 1. The van der Waals surface area contributed by atoms with Gasteiger partial charge in [0.25, 0.3) is 0 Å². The highest BCUT2D eigenvalue weighted by Crippen LogP contribution is 2.20. The maximum atomic E-state index is 12.4. The van der Waals surface area contributed by atoms with E-state index in [1.807, 2.05) is 0 Å². The van der Waals surface area contributed by atoms with Gasteiger partial charge >= 0.3 is 17.9 Å². The summed E-state index contributed by atoms with van der Waals surface area (Å²) in [6, 6.07) is 8.71. The van der Waals surface area contributed by atoms with Gasteiger partial charge in [0, 0.05) is 5.54 Å². The molecule has 23 heavy (non-hydrogen) atoms. The summed E-state index contributed by atoms with van der Waals surface area (Å²) in [4.78, 5) is 35.1. The summed E-state index contributed by atoms with van der Waals surface area (Å²) in [5, 5.41) is 21.1. The zero-order valence-corrected chi connectivity index (χ0v) is 13.3. The van der Waals surface area contributed by atoms with Crippen molar-refractivity contribution < 1.29 is 29.3 Å². The molecule has 1 unspecified atom stereocenters. The SMILES string of the molecule is CC(C)(C)NC(CC(=O)O)(C(=O)O)C(=O)OCc1ccccc1. The molecule has 7 nitrogen and oxygen atoms in total. The van der Waals surface area contributed by atoms with Gasteiger partial charge in [-0.05, 0) is 26.3 Å². The van der Waals surface area contributed by atoms with Gasteiger partial charge in [0.1, 0.15) is 6.61 Å². The van der Waals surface area contributed by atoms with Crippen molar-refractivity contribution in [1.29, 1.82) is 0 Å². The van der Waals surface area contributed by atoms with E-state index >= 15 is 0 Å². The zero-order chi connectivity index (χ0) is 17.7. The summed E-state index contributed by atoms with van der Waals surface area (Å²) < 4.78 is 5.06. The Morgan fingerprint density at radius 1 is 1.09 bits per heavy atom. The normalized spacial score (nSPS) is 13.9. The van der Waals surface area contributed by atoms with Gasteiger partial charge in [-0.2, -0.15) is 0 Å². The van der Waals surface area contributed by atoms with Crippen LogP contribution in [0.25, 0.3) is 0 Å².